The number of carbonyl (C=O) groups is 2. The lowest BCUT2D eigenvalue weighted by Gasteiger charge is -2.28. The van der Waals surface area contributed by atoms with E-state index in [1.807, 2.05) is 0 Å². The Labute approximate surface area is 597 Å². The lowest BCUT2D eigenvalue weighted by molar-refractivity contribution is -0.138. The highest BCUT2D eigenvalue weighted by Crippen LogP contribution is 2.35. The summed E-state index contributed by atoms with van der Waals surface area (Å²) < 4.78 is 322. The standard InChI is InChI=1S/2C37H40F4N4O2S/c2*1-4-43(5-2)19-20-44(22-29-12-11-28(21-25(29)3)27-13-15-30(16-14-27)37(39,40)41)34(46)23-45-33-8-6-7-32(33)35(47)42-36(45)48-24-26-9-17-31(38)18-10-26/h2*9-18,21H,4-8,19-20,22-24H2,1-3H3/i4D2,5D2,11D,12D,19D2,20D2,21D,23D2;4D2,5D2,11D,12D,21D,22D2,23D2. The first-order valence-corrected chi connectivity index (χ1v) is 31.7. The zero-order valence-corrected chi connectivity index (χ0v) is 54.2. The van der Waals surface area contributed by atoms with Gasteiger partial charge in [-0.05, 0) is 183 Å². The number of nitrogens with zero attached hydrogens (tertiary/aromatic N) is 8. The maximum Gasteiger partial charge on any atom is 0.416 e. The summed E-state index contributed by atoms with van der Waals surface area (Å²) in [5.41, 5.74) is -4.60. The molecule has 0 bridgehead atoms. The summed E-state index contributed by atoms with van der Waals surface area (Å²) in [5, 5.41) is -0.635. The third-order valence-electron chi connectivity index (χ3n) is 15.2. The molecule has 2 aliphatic carbocycles. The van der Waals surface area contributed by atoms with Gasteiger partial charge >= 0.3 is 12.4 Å². The van der Waals surface area contributed by atoms with Crippen LogP contribution in [0, 0.1) is 25.5 Å². The molecular weight excluding hydrogens is 1280 g/mol. The van der Waals surface area contributed by atoms with E-state index in [0.717, 1.165) is 96.8 Å². The summed E-state index contributed by atoms with van der Waals surface area (Å²) >= 11 is 1.64. The average Bonchev–Trinajstić information content (AvgIpc) is 0.799. The molecule has 0 atom stereocenters. The minimum atomic E-state index is -4.71. The number of amides is 2. The first kappa shape index (κ1) is 46.3. The molecule has 2 aliphatic rings. The molecule has 0 unspecified atom stereocenters. The quantitative estimate of drug-likeness (QED) is 0.0295. The fourth-order valence-corrected chi connectivity index (χ4v) is 11.9. The fraction of sp³-hybridized carbons (Fsp3) is 0.378. The second-order valence-electron chi connectivity index (χ2n) is 21.5. The van der Waals surface area contributed by atoms with Crippen molar-refractivity contribution in [1.29, 1.82) is 0 Å². The van der Waals surface area contributed by atoms with Gasteiger partial charge in [0.25, 0.3) is 11.1 Å². The highest BCUT2D eigenvalue weighted by molar-refractivity contribution is 7.98. The predicted octanol–water partition coefficient (Wildman–Crippen LogP) is 15.1. The van der Waals surface area contributed by atoms with Gasteiger partial charge in [-0.2, -0.15) is 36.3 Å². The van der Waals surface area contributed by atoms with E-state index in [9.17, 15) is 60.5 Å². The first-order valence-electron chi connectivity index (χ1n) is 41.8. The highest BCUT2D eigenvalue weighted by Gasteiger charge is 2.32. The SMILES string of the molecule is [2H]c1c([2H])c(-c2ccc(C(F)(F)F)cc2)c([2H])c(C)c1CN(C(=O)C([2H])([2H])n1c(SCc2ccc(F)cc2)nc(=O)c2c1CCC2)C([2H])([2H])C([2H])([2H])N(C([2H])([2H])C)C([2H])([2H])C.[2H]c1c([2H])c(C([2H])([2H])N(CCN(C([2H])([2H])C)C([2H])([2H])C)C(=O)C([2H])([2H])n2c(SCc3ccc(F)cc3)nc(=O)c3c2CCC3)c(C)c([2H])c1-c1ccc(C(F)(F)F)cc1. The van der Waals surface area contributed by atoms with Gasteiger partial charge in [-0.1, -0.05) is 136 Å². The summed E-state index contributed by atoms with van der Waals surface area (Å²) in [7, 11) is 0. The number of thioether (sulfide) groups is 2. The number of aromatic nitrogens is 4. The molecule has 96 heavy (non-hydrogen) atoms. The van der Waals surface area contributed by atoms with Crippen molar-refractivity contribution in [2.75, 3.05) is 52.1 Å². The zero-order chi connectivity index (χ0) is 90.2. The molecule has 2 amide bonds. The normalized spacial score (nSPS) is 17.8. The summed E-state index contributed by atoms with van der Waals surface area (Å²) in [6, 6.07) is 13.0. The number of likely N-dealkylation sites (N-methyl/N-ethyl adjacent to an activating group) is 2. The maximum absolute atomic E-state index is 15.0. The van der Waals surface area contributed by atoms with E-state index >= 15 is 4.79 Å². The van der Waals surface area contributed by atoms with E-state index in [-0.39, 0.29) is 113 Å². The number of hydrogen-bond acceptors (Lipinski definition) is 10. The average molecular weight is 1390 g/mol. The summed E-state index contributed by atoms with van der Waals surface area (Å²) in [5.74, 6) is -4.54. The molecule has 0 N–H and O–H groups in total. The lowest BCUT2D eigenvalue weighted by atomic mass is 9.98. The predicted molar refractivity (Wildman–Crippen MR) is 363 cm³/mol. The van der Waals surface area contributed by atoms with Crippen LogP contribution in [0.5, 0.6) is 0 Å². The molecule has 2 aromatic heterocycles. The van der Waals surface area contributed by atoms with Crippen LogP contribution in [0.1, 0.15) is 140 Å². The molecule has 10 rings (SSSR count). The number of halogens is 8. The molecule has 0 saturated carbocycles. The monoisotopic (exact) mass is 1380 g/mol. The molecule has 0 radical (unpaired) electrons. The zero-order valence-electron chi connectivity index (χ0n) is 76.6. The number of alkyl halides is 6. The van der Waals surface area contributed by atoms with E-state index < -0.39 is 184 Å². The van der Waals surface area contributed by atoms with Gasteiger partial charge in [0, 0.05) is 86.9 Å². The Hall–Kier alpha value is -7.92. The highest BCUT2D eigenvalue weighted by atomic mass is 32.2. The minimum absolute atomic E-state index is 0.0115. The van der Waals surface area contributed by atoms with Gasteiger partial charge < -0.3 is 28.7 Å². The van der Waals surface area contributed by atoms with Gasteiger partial charge in [-0.25, -0.2) is 8.78 Å². The van der Waals surface area contributed by atoms with Gasteiger partial charge in [0.1, 0.15) is 24.6 Å². The van der Waals surface area contributed by atoms with Crippen molar-refractivity contribution in [2.24, 2.45) is 0 Å². The molecule has 22 heteroatoms. The van der Waals surface area contributed by atoms with Gasteiger partial charge in [-0.15, -0.1) is 0 Å². The molecule has 508 valence electrons. The van der Waals surface area contributed by atoms with E-state index in [4.69, 9.17) is 21.9 Å². The van der Waals surface area contributed by atoms with Crippen LogP contribution in [0.15, 0.2) is 153 Å². The van der Waals surface area contributed by atoms with Crippen LogP contribution >= 0.6 is 23.5 Å². The summed E-state index contributed by atoms with van der Waals surface area (Å²) in [4.78, 5) is 65.3. The van der Waals surface area contributed by atoms with Crippen molar-refractivity contribution in [3.05, 3.63) is 233 Å². The maximum atomic E-state index is 15.0. The van der Waals surface area contributed by atoms with Crippen molar-refractivity contribution in [2.45, 2.75) is 140 Å². The largest absolute Gasteiger partial charge is 0.416 e. The molecular formula is C74H80F8N8O4S2. The Morgan fingerprint density at radius 3 is 1.38 bits per heavy atom. The minimum Gasteiger partial charge on any atom is -0.336 e. The summed E-state index contributed by atoms with van der Waals surface area (Å²) in [6.45, 7) is -25.6. The third-order valence-corrected chi connectivity index (χ3v) is 17.2. The molecule has 0 aliphatic heterocycles. The molecule has 8 aromatic rings. The van der Waals surface area contributed by atoms with Crippen molar-refractivity contribution >= 4 is 35.3 Å². The van der Waals surface area contributed by atoms with Crippen LogP contribution in [-0.2, 0) is 85.2 Å². The Kier molecular flexibility index (Phi) is 15.9. The van der Waals surface area contributed by atoms with E-state index in [0.29, 0.717) is 45.9 Å². The Balaban J connectivity index is 0.000000273. The fourth-order valence-electron chi connectivity index (χ4n) is 10.0. The molecule has 6 aromatic carbocycles. The molecule has 12 nitrogen and oxygen atoms in total. The van der Waals surface area contributed by atoms with Gasteiger partial charge in [-0.3, -0.25) is 19.2 Å². The van der Waals surface area contributed by atoms with Gasteiger partial charge in [0.05, 0.1) is 30.3 Å². The van der Waals surface area contributed by atoms with Crippen LogP contribution < -0.4 is 11.1 Å². The lowest BCUT2D eigenvalue weighted by Crippen LogP contribution is -2.40. The van der Waals surface area contributed by atoms with Crippen molar-refractivity contribution < 1.29 is 77.6 Å². The topological polar surface area (TPSA) is 117 Å². The van der Waals surface area contributed by atoms with E-state index in [1.165, 1.54) is 62.4 Å². The molecule has 0 fully saturated rings. The second kappa shape index (κ2) is 32.9. The van der Waals surface area contributed by atoms with Gasteiger partial charge in [0.15, 0.2) is 10.3 Å². The number of rotatable bonds is 26. The summed E-state index contributed by atoms with van der Waals surface area (Å²) in [6.07, 6.45) is -8.17. The smallest absolute Gasteiger partial charge is 0.336 e. The van der Waals surface area contributed by atoms with E-state index in [1.54, 1.807) is 0 Å². The number of hydrogen-bond donors (Lipinski definition) is 0. The number of benzene rings is 6. The Morgan fingerprint density at radius 1 is 0.531 bits per heavy atom. The number of fused-ring (bicyclic) bond motifs is 2. The van der Waals surface area contributed by atoms with Crippen LogP contribution in [-0.4, -0.2) is 103 Å². The van der Waals surface area contributed by atoms with Crippen molar-refractivity contribution in [3.63, 3.8) is 0 Å². The van der Waals surface area contributed by atoms with Crippen LogP contribution in [0.4, 0.5) is 35.1 Å². The molecule has 0 saturated heterocycles. The van der Waals surface area contributed by atoms with E-state index in [2.05, 4.69) is 9.97 Å². The van der Waals surface area contributed by atoms with Crippen LogP contribution in [0.25, 0.3) is 22.3 Å². The number of carbonyl (C=O) groups excluding carboxylic acids is 2. The van der Waals surface area contributed by atoms with Crippen LogP contribution in [0.3, 0.4) is 0 Å². The molecule has 0 spiro atoms. The Morgan fingerprint density at radius 2 is 0.948 bits per heavy atom. The van der Waals surface area contributed by atoms with Crippen LogP contribution in [0.2, 0.25) is 0 Å². The second-order valence-corrected chi connectivity index (χ2v) is 23.4. The van der Waals surface area contributed by atoms with Crippen molar-refractivity contribution in [1.82, 2.24) is 38.7 Å². The Bertz CT molecular complexity index is 5250. The molecule has 2 heterocycles. The van der Waals surface area contributed by atoms with Crippen molar-refractivity contribution in [3.8, 4) is 22.3 Å². The third kappa shape index (κ3) is 18.8. The van der Waals surface area contributed by atoms with Gasteiger partial charge in [0.2, 0.25) is 11.8 Å². The first-order chi connectivity index (χ1) is 54.9.